The average Bonchev–Trinajstić information content (AvgIpc) is 2.49. The van der Waals surface area contributed by atoms with Crippen LogP contribution in [0.25, 0.3) is 0 Å². The van der Waals surface area contributed by atoms with Crippen LogP contribution in [-0.4, -0.2) is 23.5 Å². The van der Waals surface area contributed by atoms with E-state index in [0.29, 0.717) is 11.4 Å². The van der Waals surface area contributed by atoms with Gasteiger partial charge in [0.05, 0.1) is 5.56 Å². The highest BCUT2D eigenvalue weighted by Gasteiger charge is 2.14. The number of carbonyl (C=O) groups is 1. The van der Waals surface area contributed by atoms with Crippen molar-refractivity contribution in [3.05, 3.63) is 23.9 Å². The summed E-state index contributed by atoms with van der Waals surface area (Å²) in [4.78, 5) is 16.6. The second kappa shape index (κ2) is 10.2. The summed E-state index contributed by atoms with van der Waals surface area (Å²) in [5.74, 6) is 0.639. The first-order valence-corrected chi connectivity index (χ1v) is 8.18. The van der Waals surface area contributed by atoms with Crippen LogP contribution >= 0.6 is 0 Å². The molecule has 0 aliphatic carbocycles. The third-order valence-electron chi connectivity index (χ3n) is 3.46. The molecule has 21 heavy (non-hydrogen) atoms. The minimum absolute atomic E-state index is 0.0373. The Morgan fingerprint density at radius 3 is 2.76 bits per heavy atom. The highest BCUT2D eigenvalue weighted by molar-refractivity contribution is 5.98. The van der Waals surface area contributed by atoms with Crippen LogP contribution in [0.1, 0.15) is 69.7 Å². The maximum absolute atomic E-state index is 12.3. The zero-order chi connectivity index (χ0) is 15.5. The first-order valence-electron chi connectivity index (χ1n) is 8.18. The molecule has 4 nitrogen and oxygen atoms in total. The zero-order valence-corrected chi connectivity index (χ0v) is 13.6. The quantitative estimate of drug-likeness (QED) is 0.641. The van der Waals surface area contributed by atoms with Crippen LogP contribution in [0.5, 0.6) is 0 Å². The van der Waals surface area contributed by atoms with E-state index >= 15 is 0 Å². The largest absolute Gasteiger partial charge is 0.369 e. The van der Waals surface area contributed by atoms with Gasteiger partial charge in [-0.05, 0) is 31.9 Å². The van der Waals surface area contributed by atoms with Crippen molar-refractivity contribution in [2.45, 2.75) is 65.3 Å². The maximum Gasteiger partial charge on any atom is 0.255 e. The predicted molar refractivity (Wildman–Crippen MR) is 88.7 cm³/mol. The van der Waals surface area contributed by atoms with Gasteiger partial charge in [-0.3, -0.25) is 4.79 Å². The SMILES string of the molecule is CCCCCCC(C)NC(=O)c1cccnc1NCCC. The Kier molecular flexibility index (Phi) is 8.48. The summed E-state index contributed by atoms with van der Waals surface area (Å²) in [5.41, 5.74) is 0.631. The number of nitrogens with zero attached hydrogens (tertiary/aromatic N) is 1. The van der Waals surface area contributed by atoms with Gasteiger partial charge in [0.25, 0.3) is 5.91 Å². The Hall–Kier alpha value is -1.58. The molecule has 0 aromatic carbocycles. The summed E-state index contributed by atoms with van der Waals surface area (Å²) in [6, 6.07) is 3.83. The van der Waals surface area contributed by atoms with Gasteiger partial charge in [0.1, 0.15) is 5.82 Å². The standard InChI is InChI=1S/C17H29N3O/c1-4-6-7-8-10-14(3)20-17(21)15-11-9-13-19-16(15)18-12-5-2/h9,11,13-14H,4-8,10,12H2,1-3H3,(H,18,19)(H,20,21). The molecule has 0 saturated carbocycles. The number of pyridine rings is 1. The molecule has 2 N–H and O–H groups in total. The average molecular weight is 291 g/mol. The van der Waals surface area contributed by atoms with Gasteiger partial charge in [-0.15, -0.1) is 0 Å². The number of carbonyl (C=O) groups excluding carboxylic acids is 1. The molecule has 0 saturated heterocycles. The number of hydrogen-bond donors (Lipinski definition) is 2. The number of nitrogens with one attached hydrogen (secondary N) is 2. The Labute approximate surface area is 128 Å². The Bertz CT molecular complexity index is 420. The Balaban J connectivity index is 2.50. The number of anilines is 1. The van der Waals surface area contributed by atoms with Crippen molar-refractivity contribution >= 4 is 11.7 Å². The topological polar surface area (TPSA) is 54.0 Å². The molecule has 1 heterocycles. The van der Waals surface area contributed by atoms with E-state index in [2.05, 4.69) is 36.4 Å². The van der Waals surface area contributed by atoms with E-state index in [-0.39, 0.29) is 11.9 Å². The molecule has 0 bridgehead atoms. The summed E-state index contributed by atoms with van der Waals surface area (Å²) in [6.45, 7) is 7.19. The Morgan fingerprint density at radius 1 is 1.24 bits per heavy atom. The molecule has 118 valence electrons. The number of rotatable bonds is 10. The van der Waals surface area contributed by atoms with Crippen LogP contribution in [0.2, 0.25) is 0 Å². The van der Waals surface area contributed by atoms with E-state index in [4.69, 9.17) is 0 Å². The molecule has 1 amide bonds. The van der Waals surface area contributed by atoms with Crippen LogP contribution in [0.4, 0.5) is 5.82 Å². The van der Waals surface area contributed by atoms with Crippen LogP contribution in [0.3, 0.4) is 0 Å². The van der Waals surface area contributed by atoms with Crippen LogP contribution in [0.15, 0.2) is 18.3 Å². The highest BCUT2D eigenvalue weighted by Crippen LogP contribution is 2.12. The van der Waals surface area contributed by atoms with Crippen molar-refractivity contribution in [3.8, 4) is 0 Å². The van der Waals surface area contributed by atoms with Gasteiger partial charge in [-0.25, -0.2) is 4.98 Å². The second-order valence-electron chi connectivity index (χ2n) is 5.55. The van der Waals surface area contributed by atoms with Crippen molar-refractivity contribution in [2.24, 2.45) is 0 Å². The molecule has 0 aliphatic rings. The van der Waals surface area contributed by atoms with Gasteiger partial charge in [-0.2, -0.15) is 0 Å². The van der Waals surface area contributed by atoms with Gasteiger partial charge < -0.3 is 10.6 Å². The molecule has 1 aromatic heterocycles. The molecule has 4 heteroatoms. The van der Waals surface area contributed by atoms with E-state index in [1.54, 1.807) is 12.3 Å². The maximum atomic E-state index is 12.3. The van der Waals surface area contributed by atoms with E-state index in [9.17, 15) is 4.79 Å². The fourth-order valence-corrected chi connectivity index (χ4v) is 2.22. The molecular formula is C17H29N3O. The van der Waals surface area contributed by atoms with Gasteiger partial charge >= 0.3 is 0 Å². The third kappa shape index (κ3) is 6.61. The predicted octanol–water partition coefficient (Wildman–Crippen LogP) is 3.99. The summed E-state index contributed by atoms with van der Waals surface area (Å²) < 4.78 is 0. The molecule has 0 radical (unpaired) electrons. The normalized spacial score (nSPS) is 12.0. The lowest BCUT2D eigenvalue weighted by Crippen LogP contribution is -2.33. The third-order valence-corrected chi connectivity index (χ3v) is 3.46. The summed E-state index contributed by atoms with van der Waals surface area (Å²) >= 11 is 0. The summed E-state index contributed by atoms with van der Waals surface area (Å²) in [7, 11) is 0. The van der Waals surface area contributed by atoms with E-state index < -0.39 is 0 Å². The first-order chi connectivity index (χ1) is 10.2. The molecule has 1 unspecified atom stereocenters. The van der Waals surface area contributed by atoms with Gasteiger partial charge in [0, 0.05) is 18.8 Å². The lowest BCUT2D eigenvalue weighted by Gasteiger charge is -2.15. The van der Waals surface area contributed by atoms with Crippen molar-refractivity contribution in [2.75, 3.05) is 11.9 Å². The van der Waals surface area contributed by atoms with Crippen LogP contribution in [-0.2, 0) is 0 Å². The van der Waals surface area contributed by atoms with Crippen LogP contribution < -0.4 is 10.6 Å². The number of amides is 1. The molecule has 1 atom stereocenters. The minimum Gasteiger partial charge on any atom is -0.369 e. The van der Waals surface area contributed by atoms with Crippen molar-refractivity contribution in [1.82, 2.24) is 10.3 Å². The van der Waals surface area contributed by atoms with E-state index in [1.807, 2.05) is 6.07 Å². The number of hydrogen-bond acceptors (Lipinski definition) is 3. The van der Waals surface area contributed by atoms with Gasteiger partial charge in [0.15, 0.2) is 0 Å². The molecular weight excluding hydrogens is 262 g/mol. The number of aromatic nitrogens is 1. The van der Waals surface area contributed by atoms with E-state index in [1.165, 1.54) is 25.7 Å². The van der Waals surface area contributed by atoms with Gasteiger partial charge in [0.2, 0.25) is 0 Å². The van der Waals surface area contributed by atoms with Crippen LogP contribution in [0, 0.1) is 0 Å². The summed E-state index contributed by atoms with van der Waals surface area (Å²) in [5, 5.41) is 6.28. The van der Waals surface area contributed by atoms with Crippen molar-refractivity contribution < 1.29 is 4.79 Å². The van der Waals surface area contributed by atoms with Gasteiger partial charge in [-0.1, -0.05) is 39.5 Å². The lowest BCUT2D eigenvalue weighted by molar-refractivity contribution is 0.0938. The minimum atomic E-state index is -0.0373. The molecule has 0 aliphatic heterocycles. The summed E-state index contributed by atoms with van der Waals surface area (Å²) in [6.07, 6.45) is 8.67. The van der Waals surface area contributed by atoms with Crippen molar-refractivity contribution in [1.29, 1.82) is 0 Å². The fourth-order valence-electron chi connectivity index (χ4n) is 2.22. The lowest BCUT2D eigenvalue weighted by atomic mass is 10.1. The first kappa shape index (κ1) is 17.5. The fraction of sp³-hybridized carbons (Fsp3) is 0.647. The Morgan fingerprint density at radius 2 is 2.05 bits per heavy atom. The molecule has 0 fully saturated rings. The number of unbranched alkanes of at least 4 members (excludes halogenated alkanes) is 3. The van der Waals surface area contributed by atoms with E-state index in [0.717, 1.165) is 19.4 Å². The highest BCUT2D eigenvalue weighted by atomic mass is 16.1. The molecule has 1 aromatic rings. The molecule has 0 spiro atoms. The van der Waals surface area contributed by atoms with Crippen molar-refractivity contribution in [3.63, 3.8) is 0 Å². The monoisotopic (exact) mass is 291 g/mol. The zero-order valence-electron chi connectivity index (χ0n) is 13.6. The smallest absolute Gasteiger partial charge is 0.255 e. The second-order valence-corrected chi connectivity index (χ2v) is 5.55. The molecule has 1 rings (SSSR count).